The summed E-state index contributed by atoms with van der Waals surface area (Å²) in [6.07, 6.45) is 0. The number of hydrogen-bond acceptors (Lipinski definition) is 3. The molecule has 178 valence electrons. The molecule has 0 aliphatic carbocycles. The van der Waals surface area contributed by atoms with Gasteiger partial charge in [-0.1, -0.05) is 54.6 Å². The topological polar surface area (TPSA) is 9.72 Å². The van der Waals surface area contributed by atoms with Gasteiger partial charge in [-0.05, 0) is 91.2 Å². The molecule has 1 fully saturated rings. The van der Waals surface area contributed by atoms with E-state index < -0.39 is 0 Å². The first-order valence-corrected chi connectivity index (χ1v) is 12.6. The molecule has 1 aliphatic heterocycles. The summed E-state index contributed by atoms with van der Waals surface area (Å²) in [5.74, 6) is 0. The fourth-order valence-corrected chi connectivity index (χ4v) is 4.90. The van der Waals surface area contributed by atoms with Gasteiger partial charge in [0.05, 0.1) is 0 Å². The van der Waals surface area contributed by atoms with E-state index in [2.05, 4.69) is 133 Å². The Kier molecular flexibility index (Phi) is 6.98. The summed E-state index contributed by atoms with van der Waals surface area (Å²) in [4.78, 5) is 7.31. The molecule has 0 aromatic heterocycles. The molecule has 0 spiro atoms. The van der Waals surface area contributed by atoms with E-state index in [1.165, 1.54) is 44.9 Å². The normalized spacial score (nSPS) is 14.7. The largest absolute Gasteiger partial charge is 0.310 e. The molecule has 1 aliphatic rings. The van der Waals surface area contributed by atoms with Gasteiger partial charge in [-0.25, -0.2) is 0 Å². The van der Waals surface area contributed by atoms with Gasteiger partial charge in [-0.3, -0.25) is 4.90 Å². The lowest BCUT2D eigenvalue weighted by Crippen LogP contribution is -2.43. The molecule has 0 N–H and O–H groups in total. The van der Waals surface area contributed by atoms with Crippen molar-refractivity contribution in [1.29, 1.82) is 0 Å². The summed E-state index contributed by atoms with van der Waals surface area (Å²) < 4.78 is 0. The van der Waals surface area contributed by atoms with Gasteiger partial charge >= 0.3 is 0 Å². The van der Waals surface area contributed by atoms with E-state index in [0.717, 1.165) is 32.7 Å². The van der Waals surface area contributed by atoms with E-state index in [1.807, 2.05) is 0 Å². The van der Waals surface area contributed by atoms with Crippen LogP contribution in [0, 0.1) is 13.8 Å². The molecule has 1 heterocycles. The van der Waals surface area contributed by atoms with Crippen molar-refractivity contribution in [2.45, 2.75) is 20.4 Å². The lowest BCUT2D eigenvalue weighted by atomic mass is 10.0. The quantitative estimate of drug-likeness (QED) is 0.301. The van der Waals surface area contributed by atoms with Crippen LogP contribution < -0.4 is 4.90 Å². The maximum absolute atomic E-state index is 2.56. The van der Waals surface area contributed by atoms with Crippen LogP contribution in [0.5, 0.6) is 0 Å². The van der Waals surface area contributed by atoms with E-state index in [1.54, 1.807) is 0 Å². The van der Waals surface area contributed by atoms with E-state index >= 15 is 0 Å². The lowest BCUT2D eigenvalue weighted by molar-refractivity contribution is 0.148. The van der Waals surface area contributed by atoms with Crippen LogP contribution in [0.3, 0.4) is 0 Å². The minimum Gasteiger partial charge on any atom is -0.310 e. The van der Waals surface area contributed by atoms with Crippen molar-refractivity contribution >= 4 is 17.1 Å². The number of piperazine rings is 1. The number of benzene rings is 4. The maximum atomic E-state index is 2.56. The Labute approximate surface area is 210 Å². The minimum atomic E-state index is 1.02. The van der Waals surface area contributed by atoms with Crippen LogP contribution >= 0.6 is 0 Å². The van der Waals surface area contributed by atoms with Crippen LogP contribution in [0.4, 0.5) is 17.1 Å². The van der Waals surface area contributed by atoms with E-state index in [0.29, 0.717) is 0 Å². The molecule has 0 bridgehead atoms. The smallest absolute Gasteiger partial charge is 0.0464 e. The standard InChI is InChI=1S/C32H35N3/c1-25-7-4-11-31(21-25)35(32-12-5-8-26(2)22-32)30-15-13-28(14-16-30)29-10-6-9-27(23-29)24-34-19-17-33(3)18-20-34/h4-16,21-23H,17-20,24H2,1-3H3. The van der Waals surface area contributed by atoms with Gasteiger partial charge in [0.1, 0.15) is 0 Å². The van der Waals surface area contributed by atoms with Crippen LogP contribution in [-0.4, -0.2) is 43.0 Å². The molecule has 0 saturated carbocycles. The fourth-order valence-electron chi connectivity index (χ4n) is 4.90. The average molecular weight is 462 g/mol. The molecule has 0 radical (unpaired) electrons. The molecule has 0 unspecified atom stereocenters. The monoisotopic (exact) mass is 461 g/mol. The number of hydrogen-bond donors (Lipinski definition) is 0. The second-order valence-electron chi connectivity index (χ2n) is 9.84. The predicted octanol–water partition coefficient (Wildman–Crippen LogP) is 7.19. The highest BCUT2D eigenvalue weighted by molar-refractivity contribution is 5.78. The zero-order valence-electron chi connectivity index (χ0n) is 21.1. The minimum absolute atomic E-state index is 1.02. The fraction of sp³-hybridized carbons (Fsp3) is 0.250. The highest BCUT2D eigenvalue weighted by Crippen LogP contribution is 2.36. The number of nitrogens with zero attached hydrogens (tertiary/aromatic N) is 3. The molecule has 5 rings (SSSR count). The molecular weight excluding hydrogens is 426 g/mol. The molecule has 35 heavy (non-hydrogen) atoms. The van der Waals surface area contributed by atoms with Crippen LogP contribution in [0.1, 0.15) is 16.7 Å². The van der Waals surface area contributed by atoms with Crippen molar-refractivity contribution in [3.05, 3.63) is 114 Å². The summed E-state index contributed by atoms with van der Waals surface area (Å²) in [7, 11) is 2.21. The van der Waals surface area contributed by atoms with Crippen molar-refractivity contribution in [3.63, 3.8) is 0 Å². The Bertz CT molecular complexity index is 1220. The first-order valence-electron chi connectivity index (χ1n) is 12.6. The Hall–Kier alpha value is -3.40. The number of likely N-dealkylation sites (N-methyl/N-ethyl adjacent to an activating group) is 1. The molecule has 0 amide bonds. The Morgan fingerprint density at radius 3 is 1.80 bits per heavy atom. The molecule has 3 heteroatoms. The summed E-state index contributed by atoms with van der Waals surface area (Å²) >= 11 is 0. The summed E-state index contributed by atoms with van der Waals surface area (Å²) in [5.41, 5.74) is 9.96. The average Bonchev–Trinajstić information content (AvgIpc) is 2.86. The second-order valence-corrected chi connectivity index (χ2v) is 9.84. The van der Waals surface area contributed by atoms with Gasteiger partial charge in [0, 0.05) is 49.8 Å². The summed E-state index contributed by atoms with van der Waals surface area (Å²) in [5, 5.41) is 0. The zero-order valence-corrected chi connectivity index (χ0v) is 21.1. The predicted molar refractivity (Wildman–Crippen MR) is 149 cm³/mol. The lowest BCUT2D eigenvalue weighted by Gasteiger charge is -2.32. The highest BCUT2D eigenvalue weighted by atomic mass is 15.2. The van der Waals surface area contributed by atoms with E-state index in [9.17, 15) is 0 Å². The van der Waals surface area contributed by atoms with Gasteiger partial charge in [-0.15, -0.1) is 0 Å². The molecule has 3 nitrogen and oxygen atoms in total. The van der Waals surface area contributed by atoms with Crippen LogP contribution in [-0.2, 0) is 6.54 Å². The number of anilines is 3. The van der Waals surface area contributed by atoms with Crippen molar-refractivity contribution in [3.8, 4) is 11.1 Å². The molecule has 4 aromatic carbocycles. The number of rotatable bonds is 6. The van der Waals surface area contributed by atoms with E-state index in [-0.39, 0.29) is 0 Å². The second kappa shape index (κ2) is 10.5. The maximum Gasteiger partial charge on any atom is 0.0464 e. The van der Waals surface area contributed by atoms with E-state index in [4.69, 9.17) is 0 Å². The SMILES string of the molecule is Cc1cccc(N(c2ccc(-c3cccc(CN4CCN(C)CC4)c3)cc2)c2cccc(C)c2)c1. The van der Waals surface area contributed by atoms with Gasteiger partial charge in [-0.2, -0.15) is 0 Å². The first kappa shape index (κ1) is 23.3. The van der Waals surface area contributed by atoms with Crippen LogP contribution in [0.2, 0.25) is 0 Å². The van der Waals surface area contributed by atoms with Crippen molar-refractivity contribution in [1.82, 2.24) is 9.80 Å². The number of aryl methyl sites for hydroxylation is 2. The third kappa shape index (κ3) is 5.64. The van der Waals surface area contributed by atoms with Gasteiger partial charge in [0.25, 0.3) is 0 Å². The Morgan fingerprint density at radius 1 is 0.600 bits per heavy atom. The first-order chi connectivity index (χ1) is 17.0. The third-order valence-corrected chi connectivity index (χ3v) is 6.91. The molecule has 0 atom stereocenters. The molecule has 4 aromatic rings. The Balaban J connectivity index is 1.41. The summed E-state index contributed by atoms with van der Waals surface area (Å²) in [6.45, 7) is 9.91. The van der Waals surface area contributed by atoms with Crippen molar-refractivity contribution < 1.29 is 0 Å². The molecule has 1 saturated heterocycles. The van der Waals surface area contributed by atoms with Gasteiger partial charge in [0.15, 0.2) is 0 Å². The zero-order chi connectivity index (χ0) is 24.2. The van der Waals surface area contributed by atoms with Crippen molar-refractivity contribution in [2.24, 2.45) is 0 Å². The highest BCUT2D eigenvalue weighted by Gasteiger charge is 2.15. The van der Waals surface area contributed by atoms with Gasteiger partial charge < -0.3 is 9.80 Å². The summed E-state index contributed by atoms with van der Waals surface area (Å²) in [6, 6.07) is 35.5. The third-order valence-electron chi connectivity index (χ3n) is 6.91. The van der Waals surface area contributed by atoms with Crippen molar-refractivity contribution in [2.75, 3.05) is 38.1 Å². The molecular formula is C32H35N3. The Morgan fingerprint density at radius 2 is 1.20 bits per heavy atom. The van der Waals surface area contributed by atoms with Crippen LogP contribution in [0.25, 0.3) is 11.1 Å². The van der Waals surface area contributed by atoms with Crippen LogP contribution in [0.15, 0.2) is 97.1 Å². The van der Waals surface area contributed by atoms with Gasteiger partial charge in [0.2, 0.25) is 0 Å².